The highest BCUT2D eigenvalue weighted by molar-refractivity contribution is 6.39. The van der Waals surface area contributed by atoms with Crippen molar-refractivity contribution < 1.29 is 14.3 Å². The number of amides is 2. The molecule has 7 heteroatoms. The van der Waals surface area contributed by atoms with Crippen LogP contribution >= 0.6 is 11.6 Å². The molecule has 0 aliphatic rings. The van der Waals surface area contributed by atoms with E-state index in [2.05, 4.69) is 15.8 Å². The maximum absolute atomic E-state index is 11.9. The van der Waals surface area contributed by atoms with Crippen LogP contribution in [0.2, 0.25) is 5.02 Å². The van der Waals surface area contributed by atoms with Crippen LogP contribution in [0.25, 0.3) is 0 Å². The summed E-state index contributed by atoms with van der Waals surface area (Å²) < 4.78 is 5.82. The maximum Gasteiger partial charge on any atom is 0.329 e. The van der Waals surface area contributed by atoms with Crippen LogP contribution < -0.4 is 15.5 Å². The fourth-order valence-corrected chi connectivity index (χ4v) is 2.61. The van der Waals surface area contributed by atoms with E-state index in [4.69, 9.17) is 16.3 Å². The zero-order valence-electron chi connectivity index (χ0n) is 15.3. The first-order valence-corrected chi connectivity index (χ1v) is 9.15. The summed E-state index contributed by atoms with van der Waals surface area (Å²) in [5, 5.41) is 6.75. The van der Waals surface area contributed by atoms with E-state index in [9.17, 15) is 9.59 Å². The first kappa shape index (κ1) is 20.1. The summed E-state index contributed by atoms with van der Waals surface area (Å²) in [6.07, 6.45) is 1.42. The Morgan fingerprint density at radius 1 is 0.931 bits per heavy atom. The van der Waals surface area contributed by atoms with Gasteiger partial charge in [0, 0.05) is 16.3 Å². The van der Waals surface area contributed by atoms with Crippen LogP contribution in [0.5, 0.6) is 5.75 Å². The molecule has 0 radical (unpaired) electrons. The number of anilines is 1. The highest BCUT2D eigenvalue weighted by Crippen LogP contribution is 2.17. The molecule has 0 spiro atoms. The summed E-state index contributed by atoms with van der Waals surface area (Å²) in [5.41, 5.74) is 4.31. The molecule has 0 aliphatic carbocycles. The minimum Gasteiger partial charge on any atom is -0.488 e. The van der Waals surface area contributed by atoms with Gasteiger partial charge >= 0.3 is 11.8 Å². The monoisotopic (exact) mass is 407 g/mol. The Kier molecular flexibility index (Phi) is 6.97. The van der Waals surface area contributed by atoms with Crippen molar-refractivity contribution in [3.63, 3.8) is 0 Å². The molecule has 2 amide bonds. The van der Waals surface area contributed by atoms with Gasteiger partial charge in [0.1, 0.15) is 12.4 Å². The van der Waals surface area contributed by atoms with E-state index in [1.54, 1.807) is 30.3 Å². The molecule has 0 unspecified atom stereocenters. The van der Waals surface area contributed by atoms with Crippen molar-refractivity contribution in [2.24, 2.45) is 5.10 Å². The molecule has 3 aromatic carbocycles. The van der Waals surface area contributed by atoms with Crippen molar-refractivity contribution in [1.29, 1.82) is 0 Å². The van der Waals surface area contributed by atoms with Crippen molar-refractivity contribution in [2.45, 2.75) is 6.61 Å². The molecular weight excluding hydrogens is 390 g/mol. The smallest absolute Gasteiger partial charge is 0.329 e. The molecular formula is C22H18ClN3O3. The van der Waals surface area contributed by atoms with Gasteiger partial charge in [-0.15, -0.1) is 0 Å². The topological polar surface area (TPSA) is 79.8 Å². The van der Waals surface area contributed by atoms with Gasteiger partial charge in [-0.2, -0.15) is 5.10 Å². The number of hydrazone groups is 1. The third kappa shape index (κ3) is 6.19. The van der Waals surface area contributed by atoms with Crippen LogP contribution in [-0.4, -0.2) is 18.0 Å². The number of para-hydroxylation sites is 1. The number of hydrogen-bond donors (Lipinski definition) is 2. The number of rotatable bonds is 6. The Morgan fingerprint density at radius 2 is 1.69 bits per heavy atom. The van der Waals surface area contributed by atoms with Crippen LogP contribution in [0, 0.1) is 0 Å². The first-order valence-electron chi connectivity index (χ1n) is 8.77. The Labute approximate surface area is 173 Å². The lowest BCUT2D eigenvalue weighted by Crippen LogP contribution is -2.32. The average Bonchev–Trinajstić information content (AvgIpc) is 2.73. The predicted molar refractivity (Wildman–Crippen MR) is 113 cm³/mol. The molecule has 0 saturated carbocycles. The lowest BCUT2D eigenvalue weighted by molar-refractivity contribution is -0.136. The van der Waals surface area contributed by atoms with Gasteiger partial charge in [-0.05, 0) is 35.9 Å². The standard InChI is InChI=1S/C22H18ClN3O3/c23-18-10-6-11-19(13-18)25-21(27)22(28)26-24-14-17-9-4-5-12-20(17)29-15-16-7-2-1-3-8-16/h1-14H,15H2,(H,25,27)(H,26,28)/b24-14-. The number of benzene rings is 3. The zero-order chi connectivity index (χ0) is 20.5. The largest absolute Gasteiger partial charge is 0.488 e. The molecule has 0 fully saturated rings. The molecule has 2 N–H and O–H groups in total. The van der Waals surface area contributed by atoms with Gasteiger partial charge < -0.3 is 10.1 Å². The predicted octanol–water partition coefficient (Wildman–Crippen LogP) is 4.01. The zero-order valence-corrected chi connectivity index (χ0v) is 16.1. The normalized spacial score (nSPS) is 10.5. The summed E-state index contributed by atoms with van der Waals surface area (Å²) >= 11 is 5.85. The van der Waals surface area contributed by atoms with E-state index in [1.807, 2.05) is 42.5 Å². The molecule has 29 heavy (non-hydrogen) atoms. The number of nitrogens with one attached hydrogen (secondary N) is 2. The minimum absolute atomic E-state index is 0.403. The molecule has 3 aromatic rings. The molecule has 146 valence electrons. The van der Waals surface area contributed by atoms with Gasteiger partial charge in [0.2, 0.25) is 0 Å². The lowest BCUT2D eigenvalue weighted by Gasteiger charge is -2.09. The Morgan fingerprint density at radius 3 is 2.48 bits per heavy atom. The van der Waals surface area contributed by atoms with Crippen LogP contribution in [0.15, 0.2) is 84.0 Å². The van der Waals surface area contributed by atoms with Crippen LogP contribution in [-0.2, 0) is 16.2 Å². The highest BCUT2D eigenvalue weighted by atomic mass is 35.5. The second-order valence-electron chi connectivity index (χ2n) is 5.98. The molecule has 0 bridgehead atoms. The second kappa shape index (κ2) is 10.1. The van der Waals surface area contributed by atoms with E-state index >= 15 is 0 Å². The highest BCUT2D eigenvalue weighted by Gasteiger charge is 2.13. The quantitative estimate of drug-likeness (QED) is 0.368. The second-order valence-corrected chi connectivity index (χ2v) is 6.41. The van der Waals surface area contributed by atoms with E-state index in [-0.39, 0.29) is 0 Å². The Bertz CT molecular complexity index is 1020. The van der Waals surface area contributed by atoms with Crippen molar-refractivity contribution in [3.8, 4) is 5.75 Å². The van der Waals surface area contributed by atoms with Crippen molar-refractivity contribution >= 4 is 35.3 Å². The van der Waals surface area contributed by atoms with E-state index in [1.165, 1.54) is 12.3 Å². The fraction of sp³-hybridized carbons (Fsp3) is 0.0455. The van der Waals surface area contributed by atoms with Crippen LogP contribution in [0.1, 0.15) is 11.1 Å². The summed E-state index contributed by atoms with van der Waals surface area (Å²) in [5.74, 6) is -1.14. The number of carbonyl (C=O) groups excluding carboxylic acids is 2. The van der Waals surface area contributed by atoms with Crippen molar-refractivity contribution in [3.05, 3.63) is 95.0 Å². The van der Waals surface area contributed by atoms with Crippen LogP contribution in [0.4, 0.5) is 5.69 Å². The number of carbonyl (C=O) groups is 2. The van der Waals surface area contributed by atoms with E-state index in [0.717, 1.165) is 5.56 Å². The molecule has 0 aromatic heterocycles. The van der Waals surface area contributed by atoms with E-state index < -0.39 is 11.8 Å². The lowest BCUT2D eigenvalue weighted by atomic mass is 10.2. The van der Waals surface area contributed by atoms with Crippen molar-refractivity contribution in [1.82, 2.24) is 5.43 Å². The number of hydrogen-bond acceptors (Lipinski definition) is 4. The minimum atomic E-state index is -0.899. The van der Waals surface area contributed by atoms with Gasteiger partial charge in [-0.25, -0.2) is 5.43 Å². The summed E-state index contributed by atoms with van der Waals surface area (Å²) in [6.45, 7) is 0.403. The molecule has 0 atom stereocenters. The van der Waals surface area contributed by atoms with Gasteiger partial charge in [-0.1, -0.05) is 60.1 Å². The summed E-state index contributed by atoms with van der Waals surface area (Å²) in [4.78, 5) is 23.8. The number of ether oxygens (including phenoxy) is 1. The number of nitrogens with zero attached hydrogens (tertiary/aromatic N) is 1. The van der Waals surface area contributed by atoms with Crippen LogP contribution in [0.3, 0.4) is 0 Å². The molecule has 0 aliphatic heterocycles. The molecule has 0 heterocycles. The Balaban J connectivity index is 1.57. The third-order valence-electron chi connectivity index (χ3n) is 3.81. The maximum atomic E-state index is 11.9. The molecule has 0 saturated heterocycles. The van der Waals surface area contributed by atoms with Gasteiger partial charge in [-0.3, -0.25) is 9.59 Å². The van der Waals surface area contributed by atoms with Gasteiger partial charge in [0.05, 0.1) is 6.21 Å². The molecule has 3 rings (SSSR count). The van der Waals surface area contributed by atoms with E-state index in [0.29, 0.717) is 28.6 Å². The average molecular weight is 408 g/mol. The summed E-state index contributed by atoms with van der Waals surface area (Å²) in [6, 6.07) is 23.5. The third-order valence-corrected chi connectivity index (χ3v) is 4.05. The summed E-state index contributed by atoms with van der Waals surface area (Å²) in [7, 11) is 0. The van der Waals surface area contributed by atoms with Gasteiger partial charge in [0.15, 0.2) is 0 Å². The fourth-order valence-electron chi connectivity index (χ4n) is 2.42. The number of halogens is 1. The van der Waals surface area contributed by atoms with Crippen molar-refractivity contribution in [2.75, 3.05) is 5.32 Å². The van der Waals surface area contributed by atoms with Gasteiger partial charge in [0.25, 0.3) is 0 Å². The first-order chi connectivity index (χ1) is 14.1. The molecule has 6 nitrogen and oxygen atoms in total. The SMILES string of the molecule is O=C(N/N=C\c1ccccc1OCc1ccccc1)C(=O)Nc1cccc(Cl)c1. The Hall–Kier alpha value is -3.64.